The van der Waals surface area contributed by atoms with E-state index in [1.165, 1.54) is 12.8 Å². The lowest BCUT2D eigenvalue weighted by atomic mass is 10.2. The number of nitrogens with zero attached hydrogens (tertiary/aromatic N) is 2. The molecule has 1 aromatic carbocycles. The van der Waals surface area contributed by atoms with E-state index in [0.29, 0.717) is 23.0 Å². The van der Waals surface area contributed by atoms with E-state index in [1.807, 2.05) is 12.1 Å². The van der Waals surface area contributed by atoms with Gasteiger partial charge in [-0.2, -0.15) is 0 Å². The highest BCUT2D eigenvalue weighted by atomic mass is 16.2. The molecule has 1 saturated heterocycles. The van der Waals surface area contributed by atoms with Crippen molar-refractivity contribution in [2.75, 3.05) is 28.6 Å². The van der Waals surface area contributed by atoms with Crippen LogP contribution in [0.4, 0.5) is 17.2 Å². The SMILES string of the molecule is C[C@@H]1C[C@H]1C(=O)Nc1ccc(C(=O)Nc2ccc(N3CCCC3)cn2)cc1. The second-order valence-corrected chi connectivity index (χ2v) is 7.44. The number of hydrogen-bond acceptors (Lipinski definition) is 4. The van der Waals surface area contributed by atoms with Crippen LogP contribution >= 0.6 is 0 Å². The van der Waals surface area contributed by atoms with Gasteiger partial charge in [-0.1, -0.05) is 6.92 Å². The van der Waals surface area contributed by atoms with Gasteiger partial charge in [0, 0.05) is 30.3 Å². The molecule has 27 heavy (non-hydrogen) atoms. The first kappa shape index (κ1) is 17.5. The van der Waals surface area contributed by atoms with Crippen LogP contribution in [-0.2, 0) is 4.79 Å². The molecule has 2 aromatic rings. The van der Waals surface area contributed by atoms with Gasteiger partial charge >= 0.3 is 0 Å². The van der Waals surface area contributed by atoms with Gasteiger partial charge in [0.2, 0.25) is 5.91 Å². The zero-order valence-corrected chi connectivity index (χ0v) is 15.4. The van der Waals surface area contributed by atoms with Crippen LogP contribution in [-0.4, -0.2) is 29.9 Å². The normalized spacial score (nSPS) is 21.0. The molecule has 1 saturated carbocycles. The van der Waals surface area contributed by atoms with Crippen molar-refractivity contribution in [2.45, 2.75) is 26.2 Å². The minimum Gasteiger partial charge on any atom is -0.370 e. The number of carbonyl (C=O) groups excluding carboxylic acids is 2. The third kappa shape index (κ3) is 4.10. The summed E-state index contributed by atoms with van der Waals surface area (Å²) in [4.78, 5) is 31.0. The van der Waals surface area contributed by atoms with E-state index in [4.69, 9.17) is 0 Å². The number of pyridine rings is 1. The maximum Gasteiger partial charge on any atom is 0.256 e. The molecule has 2 N–H and O–H groups in total. The van der Waals surface area contributed by atoms with Crippen molar-refractivity contribution >= 4 is 29.0 Å². The molecule has 4 rings (SSSR count). The molecule has 2 fully saturated rings. The fourth-order valence-electron chi connectivity index (χ4n) is 3.44. The molecule has 2 atom stereocenters. The molecule has 140 valence electrons. The second kappa shape index (κ2) is 7.39. The van der Waals surface area contributed by atoms with Crippen molar-refractivity contribution in [3.8, 4) is 0 Å². The topological polar surface area (TPSA) is 74.3 Å². The smallest absolute Gasteiger partial charge is 0.256 e. The summed E-state index contributed by atoms with van der Waals surface area (Å²) in [6.45, 7) is 4.20. The Labute approximate surface area is 159 Å². The lowest BCUT2D eigenvalue weighted by molar-refractivity contribution is -0.117. The molecular weight excluding hydrogens is 340 g/mol. The van der Waals surface area contributed by atoms with Gasteiger partial charge in [-0.05, 0) is 61.6 Å². The molecule has 1 aliphatic carbocycles. The Morgan fingerprint density at radius 1 is 1.04 bits per heavy atom. The summed E-state index contributed by atoms with van der Waals surface area (Å²) >= 11 is 0. The lowest BCUT2D eigenvalue weighted by Gasteiger charge is -2.17. The molecule has 0 unspecified atom stereocenters. The van der Waals surface area contributed by atoms with Crippen LogP contribution in [0.15, 0.2) is 42.6 Å². The fourth-order valence-corrected chi connectivity index (χ4v) is 3.44. The molecule has 0 spiro atoms. The monoisotopic (exact) mass is 364 g/mol. The number of hydrogen-bond donors (Lipinski definition) is 2. The first-order valence-electron chi connectivity index (χ1n) is 9.53. The van der Waals surface area contributed by atoms with Gasteiger partial charge in [-0.15, -0.1) is 0 Å². The maximum absolute atomic E-state index is 12.4. The highest BCUT2D eigenvalue weighted by molar-refractivity contribution is 6.04. The molecule has 2 heterocycles. The Balaban J connectivity index is 1.34. The number of benzene rings is 1. The summed E-state index contributed by atoms with van der Waals surface area (Å²) in [7, 11) is 0. The van der Waals surface area contributed by atoms with Crippen molar-refractivity contribution in [1.29, 1.82) is 0 Å². The molecule has 1 aromatic heterocycles. The molecule has 6 heteroatoms. The molecule has 0 bridgehead atoms. The summed E-state index contributed by atoms with van der Waals surface area (Å²) in [5.74, 6) is 0.970. The van der Waals surface area contributed by atoms with Gasteiger partial charge < -0.3 is 15.5 Å². The van der Waals surface area contributed by atoms with E-state index in [2.05, 4.69) is 27.4 Å². The molecule has 6 nitrogen and oxygen atoms in total. The van der Waals surface area contributed by atoms with Crippen molar-refractivity contribution in [3.63, 3.8) is 0 Å². The van der Waals surface area contributed by atoms with E-state index in [0.717, 1.165) is 25.2 Å². The van der Waals surface area contributed by atoms with E-state index in [9.17, 15) is 9.59 Å². The summed E-state index contributed by atoms with van der Waals surface area (Å²) < 4.78 is 0. The van der Waals surface area contributed by atoms with Gasteiger partial charge in [0.05, 0.1) is 11.9 Å². The zero-order chi connectivity index (χ0) is 18.8. The largest absolute Gasteiger partial charge is 0.370 e. The summed E-state index contributed by atoms with van der Waals surface area (Å²) in [6, 6.07) is 10.7. The highest BCUT2D eigenvalue weighted by Gasteiger charge is 2.39. The van der Waals surface area contributed by atoms with Gasteiger partial charge in [0.25, 0.3) is 5.91 Å². The quantitative estimate of drug-likeness (QED) is 0.851. The van der Waals surface area contributed by atoms with Crippen molar-refractivity contribution < 1.29 is 9.59 Å². The van der Waals surface area contributed by atoms with Gasteiger partial charge in [0.15, 0.2) is 0 Å². The average molecular weight is 364 g/mol. The standard InChI is InChI=1S/C21H24N4O2/c1-14-12-18(14)21(27)23-16-6-4-15(5-7-16)20(26)24-19-9-8-17(13-22-19)25-10-2-3-11-25/h4-9,13-14,18H,2-3,10-12H2,1H3,(H,23,27)(H,22,24,26)/t14-,18-/m1/s1. The summed E-state index contributed by atoms with van der Waals surface area (Å²) in [5, 5.41) is 5.71. The number of anilines is 3. The Hall–Kier alpha value is -2.89. The Morgan fingerprint density at radius 2 is 1.74 bits per heavy atom. The maximum atomic E-state index is 12.4. The number of amides is 2. The minimum atomic E-state index is -0.217. The average Bonchev–Trinajstić information content (AvgIpc) is 3.18. The predicted octanol–water partition coefficient (Wildman–Crippen LogP) is 3.53. The van der Waals surface area contributed by atoms with E-state index < -0.39 is 0 Å². The van der Waals surface area contributed by atoms with Crippen molar-refractivity contribution in [1.82, 2.24) is 4.98 Å². The Bertz CT molecular complexity index is 826. The lowest BCUT2D eigenvalue weighted by Crippen LogP contribution is -2.18. The first-order chi connectivity index (χ1) is 13.1. The number of carbonyl (C=O) groups is 2. The van der Waals surface area contributed by atoms with Crippen LogP contribution in [0.2, 0.25) is 0 Å². The van der Waals surface area contributed by atoms with Crippen LogP contribution in [0.1, 0.15) is 36.5 Å². The third-order valence-corrected chi connectivity index (χ3v) is 5.32. The molecule has 2 amide bonds. The van der Waals surface area contributed by atoms with Crippen molar-refractivity contribution in [2.24, 2.45) is 11.8 Å². The minimum absolute atomic E-state index is 0.0574. The second-order valence-electron chi connectivity index (χ2n) is 7.44. The zero-order valence-electron chi connectivity index (χ0n) is 15.4. The van der Waals surface area contributed by atoms with Crippen LogP contribution in [0.25, 0.3) is 0 Å². The third-order valence-electron chi connectivity index (χ3n) is 5.32. The first-order valence-corrected chi connectivity index (χ1v) is 9.53. The van der Waals surface area contributed by atoms with Crippen LogP contribution in [0, 0.1) is 11.8 Å². The Kier molecular flexibility index (Phi) is 4.79. The molecule has 0 radical (unpaired) electrons. The number of nitrogens with one attached hydrogen (secondary N) is 2. The van der Waals surface area contributed by atoms with Crippen LogP contribution in [0.3, 0.4) is 0 Å². The summed E-state index contributed by atoms with van der Waals surface area (Å²) in [6.07, 6.45) is 5.19. The highest BCUT2D eigenvalue weighted by Crippen LogP contribution is 2.38. The van der Waals surface area contributed by atoms with Gasteiger partial charge in [-0.25, -0.2) is 4.98 Å². The van der Waals surface area contributed by atoms with Gasteiger partial charge in [0.1, 0.15) is 5.82 Å². The molecular formula is C21H24N4O2. The van der Waals surface area contributed by atoms with Gasteiger partial charge in [-0.3, -0.25) is 9.59 Å². The fraction of sp³-hybridized carbons (Fsp3) is 0.381. The Morgan fingerprint density at radius 3 is 2.33 bits per heavy atom. The van der Waals surface area contributed by atoms with E-state index in [1.54, 1.807) is 30.5 Å². The molecule has 2 aliphatic rings. The predicted molar refractivity (Wildman–Crippen MR) is 106 cm³/mol. The van der Waals surface area contributed by atoms with Crippen LogP contribution < -0.4 is 15.5 Å². The van der Waals surface area contributed by atoms with E-state index in [-0.39, 0.29) is 17.7 Å². The van der Waals surface area contributed by atoms with Crippen molar-refractivity contribution in [3.05, 3.63) is 48.2 Å². The van der Waals surface area contributed by atoms with Crippen LogP contribution in [0.5, 0.6) is 0 Å². The number of rotatable bonds is 5. The molecule has 1 aliphatic heterocycles. The van der Waals surface area contributed by atoms with E-state index >= 15 is 0 Å². The summed E-state index contributed by atoms with van der Waals surface area (Å²) in [5.41, 5.74) is 2.33. The number of aromatic nitrogens is 1.